The molecule has 5 rings (SSSR count). The summed E-state index contributed by atoms with van der Waals surface area (Å²) in [5.74, 6) is -1.36. The highest BCUT2D eigenvalue weighted by Crippen LogP contribution is 2.28. The summed E-state index contributed by atoms with van der Waals surface area (Å²) in [6.45, 7) is 2.26. The molecule has 0 radical (unpaired) electrons. The van der Waals surface area contributed by atoms with Crippen LogP contribution in [0.15, 0.2) is 67.0 Å². The van der Waals surface area contributed by atoms with Crippen molar-refractivity contribution in [1.82, 2.24) is 9.97 Å². The van der Waals surface area contributed by atoms with Gasteiger partial charge in [-0.3, -0.25) is 14.1 Å². The molecule has 0 spiro atoms. The second-order valence-electron chi connectivity index (χ2n) is 8.51. The van der Waals surface area contributed by atoms with Crippen LogP contribution < -0.4 is 9.62 Å². The molecule has 2 aromatic heterocycles. The van der Waals surface area contributed by atoms with Crippen LogP contribution in [0, 0.1) is 12.7 Å². The molecular formula is C26H23FN4O3S. The third kappa shape index (κ3) is 4.59. The molecule has 0 bridgehead atoms. The number of aryl methyl sites for hydroxylation is 1. The maximum absolute atomic E-state index is 14.9. The van der Waals surface area contributed by atoms with Gasteiger partial charge in [-0.1, -0.05) is 6.07 Å². The molecule has 9 heteroatoms. The zero-order valence-corrected chi connectivity index (χ0v) is 19.8. The number of carbonyl (C=O) groups is 1. The van der Waals surface area contributed by atoms with Gasteiger partial charge >= 0.3 is 0 Å². The number of hydrogen-bond donors (Lipinski definition) is 1. The molecule has 1 saturated heterocycles. The predicted octanol–water partition coefficient (Wildman–Crippen LogP) is 4.93. The number of nitrogens with one attached hydrogen (secondary N) is 1. The van der Waals surface area contributed by atoms with Gasteiger partial charge in [0.05, 0.1) is 28.2 Å². The van der Waals surface area contributed by atoms with E-state index in [1.165, 1.54) is 16.4 Å². The first-order valence-corrected chi connectivity index (χ1v) is 12.9. The lowest BCUT2D eigenvalue weighted by molar-refractivity contribution is 0.102. The average Bonchev–Trinajstić information content (AvgIpc) is 2.84. The number of amides is 1. The van der Waals surface area contributed by atoms with E-state index in [4.69, 9.17) is 4.98 Å². The van der Waals surface area contributed by atoms with E-state index in [1.54, 1.807) is 24.5 Å². The van der Waals surface area contributed by atoms with Crippen molar-refractivity contribution in [2.45, 2.75) is 19.8 Å². The summed E-state index contributed by atoms with van der Waals surface area (Å²) in [4.78, 5) is 21.7. The lowest BCUT2D eigenvalue weighted by Gasteiger charge is -2.28. The molecule has 1 amide bonds. The molecule has 2 aromatic carbocycles. The maximum atomic E-state index is 14.9. The minimum atomic E-state index is -3.47. The topological polar surface area (TPSA) is 92.3 Å². The van der Waals surface area contributed by atoms with Crippen LogP contribution in [0.3, 0.4) is 0 Å². The number of carbonyl (C=O) groups excluding carboxylic acids is 1. The minimum Gasteiger partial charge on any atom is -0.322 e. The van der Waals surface area contributed by atoms with Gasteiger partial charge in [-0.05, 0) is 73.9 Å². The average molecular weight is 491 g/mol. The van der Waals surface area contributed by atoms with Crippen LogP contribution in [-0.2, 0) is 10.0 Å². The molecule has 0 saturated carbocycles. The molecule has 3 heterocycles. The fourth-order valence-electron chi connectivity index (χ4n) is 4.21. The molecule has 1 aliphatic rings. The Labute approximate surface area is 202 Å². The number of aromatic nitrogens is 2. The van der Waals surface area contributed by atoms with E-state index >= 15 is 0 Å². The van der Waals surface area contributed by atoms with Crippen molar-refractivity contribution < 1.29 is 17.6 Å². The third-order valence-corrected chi connectivity index (χ3v) is 7.97. The maximum Gasteiger partial charge on any atom is 0.258 e. The summed E-state index contributed by atoms with van der Waals surface area (Å²) >= 11 is 0. The second kappa shape index (κ2) is 9.07. The lowest BCUT2D eigenvalue weighted by atomic mass is 10.0. The van der Waals surface area contributed by atoms with Gasteiger partial charge in [-0.2, -0.15) is 0 Å². The van der Waals surface area contributed by atoms with Gasteiger partial charge in [0, 0.05) is 35.6 Å². The van der Waals surface area contributed by atoms with E-state index in [9.17, 15) is 17.6 Å². The largest absolute Gasteiger partial charge is 0.322 e. The molecule has 1 aliphatic heterocycles. The Balaban J connectivity index is 1.40. The Bertz CT molecular complexity index is 1560. The fourth-order valence-corrected chi connectivity index (χ4v) is 5.84. The third-order valence-electron chi connectivity index (χ3n) is 6.10. The van der Waals surface area contributed by atoms with Crippen LogP contribution in [0.25, 0.3) is 22.2 Å². The quantitative estimate of drug-likeness (QED) is 0.438. The Morgan fingerprint density at radius 1 is 1.06 bits per heavy atom. The summed E-state index contributed by atoms with van der Waals surface area (Å²) in [6, 6.07) is 15.0. The van der Waals surface area contributed by atoms with Crippen molar-refractivity contribution in [3.8, 4) is 11.3 Å². The Morgan fingerprint density at radius 3 is 2.71 bits per heavy atom. The van der Waals surface area contributed by atoms with Crippen LogP contribution in [0.2, 0.25) is 0 Å². The highest BCUT2D eigenvalue weighted by atomic mass is 32.2. The Kier molecular flexibility index (Phi) is 5.94. The van der Waals surface area contributed by atoms with Crippen LogP contribution >= 0.6 is 0 Å². The van der Waals surface area contributed by atoms with Crippen LogP contribution in [0.5, 0.6) is 0 Å². The summed E-state index contributed by atoms with van der Waals surface area (Å²) in [7, 11) is -3.47. The summed E-state index contributed by atoms with van der Waals surface area (Å²) in [5, 5.41) is 3.67. The van der Waals surface area contributed by atoms with Gasteiger partial charge in [-0.15, -0.1) is 0 Å². The highest BCUT2D eigenvalue weighted by Gasteiger charge is 2.27. The molecule has 0 atom stereocenters. The molecule has 0 aliphatic carbocycles. The molecular weight excluding hydrogens is 467 g/mol. The van der Waals surface area contributed by atoms with Crippen molar-refractivity contribution in [2.75, 3.05) is 21.9 Å². The molecule has 1 N–H and O–H groups in total. The first kappa shape index (κ1) is 22.9. The lowest BCUT2D eigenvalue weighted by Crippen LogP contribution is -2.37. The van der Waals surface area contributed by atoms with Gasteiger partial charge in [0.15, 0.2) is 0 Å². The van der Waals surface area contributed by atoms with E-state index in [2.05, 4.69) is 10.3 Å². The van der Waals surface area contributed by atoms with Crippen molar-refractivity contribution >= 4 is 38.2 Å². The Hall–Kier alpha value is -3.85. The van der Waals surface area contributed by atoms with Crippen molar-refractivity contribution in [3.63, 3.8) is 0 Å². The number of sulfonamides is 1. The number of pyridine rings is 2. The van der Waals surface area contributed by atoms with Crippen molar-refractivity contribution in [1.29, 1.82) is 0 Å². The summed E-state index contributed by atoms with van der Waals surface area (Å²) < 4.78 is 40.7. The number of hydrogen-bond acceptors (Lipinski definition) is 5. The number of halogens is 1. The van der Waals surface area contributed by atoms with E-state index in [1.807, 2.05) is 31.2 Å². The fraction of sp³-hybridized carbons (Fsp3) is 0.192. The van der Waals surface area contributed by atoms with Crippen molar-refractivity contribution in [2.24, 2.45) is 0 Å². The van der Waals surface area contributed by atoms with Crippen LogP contribution in [0.1, 0.15) is 28.8 Å². The second-order valence-corrected chi connectivity index (χ2v) is 10.5. The van der Waals surface area contributed by atoms with Crippen LogP contribution in [-0.4, -0.2) is 36.6 Å². The van der Waals surface area contributed by atoms with Crippen molar-refractivity contribution in [3.05, 3.63) is 83.9 Å². The van der Waals surface area contributed by atoms with Gasteiger partial charge < -0.3 is 5.32 Å². The molecule has 1 fully saturated rings. The molecule has 7 nitrogen and oxygen atoms in total. The summed E-state index contributed by atoms with van der Waals surface area (Å²) in [6.07, 6.45) is 4.73. The normalized spacial score (nSPS) is 15.2. The van der Waals surface area contributed by atoms with Gasteiger partial charge in [0.2, 0.25) is 10.0 Å². The predicted molar refractivity (Wildman–Crippen MR) is 134 cm³/mol. The van der Waals surface area contributed by atoms with Gasteiger partial charge in [0.1, 0.15) is 5.82 Å². The first-order valence-electron chi connectivity index (χ1n) is 11.2. The van der Waals surface area contributed by atoms with Gasteiger partial charge in [0.25, 0.3) is 5.91 Å². The minimum absolute atomic E-state index is 0.0373. The first-order chi connectivity index (χ1) is 16.8. The molecule has 4 aromatic rings. The highest BCUT2D eigenvalue weighted by molar-refractivity contribution is 7.92. The van der Waals surface area contributed by atoms with E-state index in [0.29, 0.717) is 25.1 Å². The van der Waals surface area contributed by atoms with E-state index < -0.39 is 21.7 Å². The molecule has 0 unspecified atom stereocenters. The molecule has 178 valence electrons. The Morgan fingerprint density at radius 2 is 1.91 bits per heavy atom. The van der Waals surface area contributed by atoms with Gasteiger partial charge in [-0.25, -0.2) is 17.8 Å². The number of nitrogens with zero attached hydrogens (tertiary/aromatic N) is 3. The zero-order valence-electron chi connectivity index (χ0n) is 19.0. The van der Waals surface area contributed by atoms with E-state index in [0.717, 1.165) is 33.8 Å². The number of anilines is 2. The number of rotatable bonds is 4. The SMILES string of the molecule is Cc1ccc(NC(=O)c2ccc(N3CCCCS3(=O)=O)cc2F)cc1-c1ccc2cnccc2n1. The van der Waals surface area contributed by atoms with E-state index in [-0.39, 0.29) is 17.0 Å². The van der Waals surface area contributed by atoms with Crippen LogP contribution in [0.4, 0.5) is 15.8 Å². The molecule has 35 heavy (non-hydrogen) atoms. The standard InChI is InChI=1S/C26H23FN4O3S/c1-17-4-6-19(14-22(17)25-9-5-18-16-28-11-10-24(18)30-25)29-26(32)21-8-7-20(15-23(21)27)31-12-2-3-13-35(31,33)34/h4-11,14-16H,2-3,12-13H2,1H3,(H,29,32). The summed E-state index contributed by atoms with van der Waals surface area (Å²) in [5.41, 5.74) is 3.93. The number of benzene rings is 2. The smallest absolute Gasteiger partial charge is 0.258 e. The monoisotopic (exact) mass is 490 g/mol. The number of fused-ring (bicyclic) bond motifs is 1. The zero-order chi connectivity index (χ0) is 24.6.